The molecule has 2 aromatic heterocycles. The Morgan fingerprint density at radius 2 is 1.85 bits per heavy atom. The minimum absolute atomic E-state index is 0.124. The van der Waals surface area contributed by atoms with Crippen molar-refractivity contribution in [1.29, 1.82) is 5.26 Å². The molecule has 0 amide bonds. The summed E-state index contributed by atoms with van der Waals surface area (Å²) >= 11 is 1.49. The number of hydrogen-bond donors (Lipinski definition) is 0. The van der Waals surface area contributed by atoms with Crippen LogP contribution in [0.5, 0.6) is 0 Å². The molecule has 0 fully saturated rings. The van der Waals surface area contributed by atoms with Gasteiger partial charge in [-0.2, -0.15) is 5.26 Å². The van der Waals surface area contributed by atoms with Crippen LogP contribution in [0.2, 0.25) is 0 Å². The number of aryl methyl sites for hydroxylation is 3. The zero-order chi connectivity index (χ0) is 22.8. The number of hydrogen-bond acceptors (Lipinski definition) is 4. The van der Waals surface area contributed by atoms with E-state index in [1.54, 1.807) is 0 Å². The molecule has 0 saturated heterocycles. The number of nitrogens with zero attached hydrogens (tertiary/aromatic N) is 3. The molecule has 0 aliphatic heterocycles. The fourth-order valence-electron chi connectivity index (χ4n) is 5.47. The molecule has 0 bridgehead atoms. The van der Waals surface area contributed by atoms with Crippen LogP contribution in [0.1, 0.15) is 84.7 Å². The van der Waals surface area contributed by atoms with Crippen molar-refractivity contribution in [3.8, 4) is 6.07 Å². The molecule has 3 aromatic rings. The molecule has 0 saturated carbocycles. The topological polar surface area (TPSA) is 58.7 Å². The van der Waals surface area contributed by atoms with Crippen LogP contribution in [-0.2, 0) is 25.7 Å². The van der Waals surface area contributed by atoms with E-state index in [0.29, 0.717) is 12.0 Å². The van der Waals surface area contributed by atoms with Gasteiger partial charge in [0, 0.05) is 16.8 Å². The predicted molar refractivity (Wildman–Crippen MR) is 134 cm³/mol. The van der Waals surface area contributed by atoms with E-state index in [9.17, 15) is 10.1 Å². The second-order valence-electron chi connectivity index (χ2n) is 9.31. The maximum absolute atomic E-state index is 13.9. The number of para-hydroxylation sites is 1. The van der Waals surface area contributed by atoms with Crippen LogP contribution in [0.4, 0.5) is 0 Å². The number of carbonyl (C=O) groups excluding carboxylic acids is 1. The van der Waals surface area contributed by atoms with E-state index in [-0.39, 0.29) is 11.2 Å². The lowest BCUT2D eigenvalue weighted by molar-refractivity contribution is 0.0910. The minimum atomic E-state index is -0.266. The molecule has 2 aliphatic rings. The Morgan fingerprint density at radius 1 is 1.09 bits per heavy atom. The lowest BCUT2D eigenvalue weighted by atomic mass is 9.95. The van der Waals surface area contributed by atoms with Crippen LogP contribution in [0.3, 0.4) is 0 Å². The Labute approximate surface area is 200 Å². The van der Waals surface area contributed by atoms with Gasteiger partial charge in [-0.25, -0.2) is 4.98 Å². The SMILES string of the molecule is CCC(Sc1nc2c(cc1C#N)CCCCCC2)C(=O)n1c2c(c3ccccc31)CCCC2. The molecule has 2 aliphatic carbocycles. The first-order valence-electron chi connectivity index (χ1n) is 12.5. The molecular weight excluding hydrogens is 426 g/mol. The summed E-state index contributed by atoms with van der Waals surface area (Å²) in [5, 5.41) is 11.5. The standard InChI is InChI=1S/C28H31N3OS/c1-2-26(33-27-20(18-29)17-19-11-5-3-4-6-14-23(19)30-27)28(32)31-24-15-9-7-12-21(24)22-13-8-10-16-25(22)31/h7,9,12,15,17,26H,2-6,8,10-11,13-14,16H2,1H3. The van der Waals surface area contributed by atoms with Crippen molar-refractivity contribution < 1.29 is 4.79 Å². The molecule has 5 rings (SSSR count). The Balaban J connectivity index is 1.52. The molecule has 2 heterocycles. The van der Waals surface area contributed by atoms with Crippen LogP contribution in [0, 0.1) is 11.3 Å². The van der Waals surface area contributed by atoms with Gasteiger partial charge in [-0.1, -0.05) is 49.7 Å². The van der Waals surface area contributed by atoms with Crippen LogP contribution in [0.25, 0.3) is 10.9 Å². The minimum Gasteiger partial charge on any atom is -0.283 e. The Morgan fingerprint density at radius 3 is 2.67 bits per heavy atom. The first-order valence-corrected chi connectivity index (χ1v) is 13.3. The average molecular weight is 458 g/mol. The Bertz CT molecular complexity index is 1240. The van der Waals surface area contributed by atoms with Gasteiger partial charge < -0.3 is 0 Å². The van der Waals surface area contributed by atoms with Gasteiger partial charge in [0.15, 0.2) is 0 Å². The summed E-state index contributed by atoms with van der Waals surface area (Å²) in [7, 11) is 0. The summed E-state index contributed by atoms with van der Waals surface area (Å²) in [6.45, 7) is 2.06. The molecular formula is C28H31N3OS. The Kier molecular flexibility index (Phi) is 6.55. The second-order valence-corrected chi connectivity index (χ2v) is 10.5. The van der Waals surface area contributed by atoms with Crippen molar-refractivity contribution >= 4 is 28.6 Å². The maximum atomic E-state index is 13.9. The maximum Gasteiger partial charge on any atom is 0.244 e. The summed E-state index contributed by atoms with van der Waals surface area (Å²) < 4.78 is 1.99. The molecule has 0 radical (unpaired) electrons. The van der Waals surface area contributed by atoms with Crippen molar-refractivity contribution in [2.24, 2.45) is 0 Å². The van der Waals surface area contributed by atoms with Crippen LogP contribution in [0.15, 0.2) is 35.4 Å². The lowest BCUT2D eigenvalue weighted by Crippen LogP contribution is -2.26. The monoisotopic (exact) mass is 457 g/mol. The van der Waals surface area contributed by atoms with E-state index in [1.165, 1.54) is 53.2 Å². The summed E-state index contributed by atoms with van der Waals surface area (Å²) in [6, 6.07) is 12.7. The number of nitriles is 1. The van der Waals surface area contributed by atoms with Crippen molar-refractivity contribution in [2.75, 3.05) is 0 Å². The second kappa shape index (κ2) is 9.73. The molecule has 0 spiro atoms. The molecule has 170 valence electrons. The largest absolute Gasteiger partial charge is 0.283 e. The summed E-state index contributed by atoms with van der Waals surface area (Å²) in [4.78, 5) is 18.9. The van der Waals surface area contributed by atoms with Gasteiger partial charge in [-0.15, -0.1) is 0 Å². The van der Waals surface area contributed by atoms with Crippen molar-refractivity contribution in [1.82, 2.24) is 9.55 Å². The third kappa shape index (κ3) is 4.22. The van der Waals surface area contributed by atoms with E-state index in [4.69, 9.17) is 4.98 Å². The van der Waals surface area contributed by atoms with E-state index < -0.39 is 0 Å². The molecule has 5 heteroatoms. The summed E-state index contributed by atoms with van der Waals surface area (Å²) in [6.07, 6.45) is 11.8. The first kappa shape index (κ1) is 22.2. The molecule has 1 aromatic carbocycles. The number of thioether (sulfide) groups is 1. The van der Waals surface area contributed by atoms with Crippen molar-refractivity contribution in [3.63, 3.8) is 0 Å². The van der Waals surface area contributed by atoms with Crippen LogP contribution >= 0.6 is 11.8 Å². The van der Waals surface area contributed by atoms with Gasteiger partial charge in [0.05, 0.1) is 16.3 Å². The van der Waals surface area contributed by atoms with Crippen LogP contribution < -0.4 is 0 Å². The van der Waals surface area contributed by atoms with Gasteiger partial charge in [0.1, 0.15) is 11.1 Å². The highest BCUT2D eigenvalue weighted by molar-refractivity contribution is 8.00. The third-order valence-electron chi connectivity index (χ3n) is 7.19. The number of pyridine rings is 1. The number of carbonyl (C=O) groups is 1. The lowest BCUT2D eigenvalue weighted by Gasteiger charge is -2.20. The smallest absolute Gasteiger partial charge is 0.244 e. The van der Waals surface area contributed by atoms with Gasteiger partial charge in [-0.3, -0.25) is 9.36 Å². The molecule has 4 nitrogen and oxygen atoms in total. The van der Waals surface area contributed by atoms with Crippen molar-refractivity contribution in [2.45, 2.75) is 87.8 Å². The summed E-state index contributed by atoms with van der Waals surface area (Å²) in [5.41, 5.74) is 6.54. The van der Waals surface area contributed by atoms with Gasteiger partial charge in [0.25, 0.3) is 0 Å². The third-order valence-corrected chi connectivity index (χ3v) is 8.54. The average Bonchev–Trinajstić information content (AvgIpc) is 3.17. The highest BCUT2D eigenvalue weighted by atomic mass is 32.2. The first-order chi connectivity index (χ1) is 16.2. The van der Waals surface area contributed by atoms with Gasteiger partial charge in [-0.05, 0) is 81.0 Å². The Hall–Kier alpha value is -2.58. The summed E-state index contributed by atoms with van der Waals surface area (Å²) in [5.74, 6) is 0.124. The highest BCUT2D eigenvalue weighted by Gasteiger charge is 2.29. The van der Waals surface area contributed by atoms with Crippen LogP contribution in [-0.4, -0.2) is 20.7 Å². The van der Waals surface area contributed by atoms with Gasteiger partial charge >= 0.3 is 0 Å². The molecule has 1 atom stereocenters. The zero-order valence-corrected chi connectivity index (χ0v) is 20.2. The number of rotatable bonds is 4. The van der Waals surface area contributed by atoms with Gasteiger partial charge in [0.2, 0.25) is 5.91 Å². The fourth-order valence-corrected chi connectivity index (χ4v) is 6.51. The highest BCUT2D eigenvalue weighted by Crippen LogP contribution is 2.36. The predicted octanol–water partition coefficient (Wildman–Crippen LogP) is 6.66. The molecule has 1 unspecified atom stereocenters. The number of fused-ring (bicyclic) bond motifs is 4. The fraction of sp³-hybridized carbons (Fsp3) is 0.464. The number of benzene rings is 1. The van der Waals surface area contributed by atoms with E-state index in [0.717, 1.165) is 61.2 Å². The van der Waals surface area contributed by atoms with E-state index >= 15 is 0 Å². The van der Waals surface area contributed by atoms with E-state index in [2.05, 4.69) is 31.2 Å². The molecule has 0 N–H and O–H groups in total. The molecule has 33 heavy (non-hydrogen) atoms. The van der Waals surface area contributed by atoms with Crippen molar-refractivity contribution in [3.05, 3.63) is 58.4 Å². The quantitative estimate of drug-likeness (QED) is 0.411. The normalized spacial score (nSPS) is 16.8. The number of aromatic nitrogens is 2. The van der Waals surface area contributed by atoms with E-state index in [1.807, 2.05) is 16.7 Å². The zero-order valence-electron chi connectivity index (χ0n) is 19.4.